The monoisotopic (exact) mass is 183 g/mol. The highest BCUT2D eigenvalue weighted by molar-refractivity contribution is 7.80. The molecule has 0 saturated carbocycles. The molecule has 1 N–H and O–H groups in total. The van der Waals surface area contributed by atoms with Gasteiger partial charge in [-0.25, -0.2) is 0 Å². The summed E-state index contributed by atoms with van der Waals surface area (Å²) >= 11 is 4.76. The van der Waals surface area contributed by atoms with Crippen molar-refractivity contribution in [3.63, 3.8) is 0 Å². The fourth-order valence-electron chi connectivity index (χ4n) is 1.05. The average Bonchev–Trinajstić information content (AvgIpc) is 2.02. The standard InChI is InChI=1S/C7H9N3OS/c1-5(12)9-10-4-6(2-3-8)7(10)11/h6H,2,4H2,1H3,(H,9,12). The summed E-state index contributed by atoms with van der Waals surface area (Å²) in [5.74, 6) is -0.169. The van der Waals surface area contributed by atoms with Gasteiger partial charge in [0.1, 0.15) is 0 Å². The SMILES string of the molecule is CC(=S)NN1CC(CC#N)C1=O. The summed E-state index contributed by atoms with van der Waals surface area (Å²) in [7, 11) is 0. The van der Waals surface area contributed by atoms with E-state index in [4.69, 9.17) is 17.5 Å². The van der Waals surface area contributed by atoms with Crippen LogP contribution < -0.4 is 5.43 Å². The van der Waals surface area contributed by atoms with Gasteiger partial charge in [0, 0.05) is 6.42 Å². The second-order valence-corrected chi connectivity index (χ2v) is 3.29. The maximum absolute atomic E-state index is 11.1. The molecule has 1 fully saturated rings. The van der Waals surface area contributed by atoms with Gasteiger partial charge in [0.15, 0.2) is 0 Å². The molecule has 5 heteroatoms. The number of hydrogen-bond acceptors (Lipinski definition) is 3. The van der Waals surface area contributed by atoms with Crippen molar-refractivity contribution in [1.29, 1.82) is 5.26 Å². The van der Waals surface area contributed by atoms with Gasteiger partial charge in [-0.2, -0.15) is 5.26 Å². The van der Waals surface area contributed by atoms with Crippen LogP contribution in [0.25, 0.3) is 0 Å². The summed E-state index contributed by atoms with van der Waals surface area (Å²) in [4.78, 5) is 11.7. The quantitative estimate of drug-likeness (QED) is 0.491. The molecular weight excluding hydrogens is 174 g/mol. The van der Waals surface area contributed by atoms with Crippen LogP contribution in [0.1, 0.15) is 13.3 Å². The van der Waals surface area contributed by atoms with Gasteiger partial charge in [0.2, 0.25) is 5.91 Å². The minimum absolute atomic E-state index is 0.0410. The van der Waals surface area contributed by atoms with Gasteiger partial charge in [0.05, 0.1) is 23.5 Å². The van der Waals surface area contributed by atoms with Crippen LogP contribution in [-0.4, -0.2) is 22.4 Å². The molecule has 64 valence electrons. The number of nitrogens with zero attached hydrogens (tertiary/aromatic N) is 2. The Morgan fingerprint density at radius 3 is 3.08 bits per heavy atom. The van der Waals surface area contributed by atoms with E-state index in [2.05, 4.69) is 5.43 Å². The molecule has 0 radical (unpaired) electrons. The van der Waals surface area contributed by atoms with E-state index in [0.717, 1.165) is 0 Å². The number of carbonyl (C=O) groups excluding carboxylic acids is 1. The number of nitriles is 1. The Balaban J connectivity index is 2.34. The van der Waals surface area contributed by atoms with E-state index in [0.29, 0.717) is 18.0 Å². The summed E-state index contributed by atoms with van der Waals surface area (Å²) in [6, 6.07) is 1.97. The lowest BCUT2D eigenvalue weighted by Gasteiger charge is -2.37. The van der Waals surface area contributed by atoms with E-state index in [1.54, 1.807) is 6.92 Å². The zero-order valence-corrected chi connectivity index (χ0v) is 7.52. The molecule has 1 heterocycles. The Hall–Kier alpha value is -1.15. The molecule has 0 aromatic rings. The van der Waals surface area contributed by atoms with Gasteiger partial charge < -0.3 is 0 Å². The molecule has 0 spiro atoms. The second-order valence-electron chi connectivity index (χ2n) is 2.68. The number of rotatable bonds is 2. The smallest absolute Gasteiger partial charge is 0.246 e. The molecule has 4 nitrogen and oxygen atoms in total. The van der Waals surface area contributed by atoms with Gasteiger partial charge in [0.25, 0.3) is 0 Å². The first-order valence-electron chi connectivity index (χ1n) is 3.60. The number of β-lactam (4-membered cyclic amide) rings is 1. The molecule has 0 bridgehead atoms. The van der Waals surface area contributed by atoms with Crippen molar-refractivity contribution in [1.82, 2.24) is 10.4 Å². The molecule has 1 unspecified atom stereocenters. The van der Waals surface area contributed by atoms with Gasteiger partial charge in [-0.1, -0.05) is 12.2 Å². The van der Waals surface area contributed by atoms with Crippen molar-refractivity contribution in [2.45, 2.75) is 13.3 Å². The summed E-state index contributed by atoms with van der Waals surface area (Å²) in [5, 5.41) is 9.76. The minimum atomic E-state index is -0.128. The fraction of sp³-hybridized carbons (Fsp3) is 0.571. The summed E-state index contributed by atoms with van der Waals surface area (Å²) < 4.78 is 0. The Morgan fingerprint density at radius 2 is 2.67 bits per heavy atom. The molecule has 1 atom stereocenters. The fourth-order valence-corrected chi connectivity index (χ4v) is 1.16. The summed E-state index contributed by atoms with van der Waals surface area (Å²) in [6.07, 6.45) is 0.299. The molecule has 1 saturated heterocycles. The van der Waals surface area contributed by atoms with E-state index in [1.807, 2.05) is 6.07 Å². The van der Waals surface area contributed by atoms with Gasteiger partial charge in [-0.3, -0.25) is 15.2 Å². The highest BCUT2D eigenvalue weighted by atomic mass is 32.1. The maximum Gasteiger partial charge on any atom is 0.246 e. The van der Waals surface area contributed by atoms with Crippen molar-refractivity contribution < 1.29 is 4.79 Å². The molecule has 1 rings (SSSR count). The number of carbonyl (C=O) groups is 1. The van der Waals surface area contributed by atoms with Crippen LogP contribution in [-0.2, 0) is 4.79 Å². The van der Waals surface area contributed by atoms with Gasteiger partial charge in [-0.15, -0.1) is 0 Å². The largest absolute Gasteiger partial charge is 0.290 e. The maximum atomic E-state index is 11.1. The normalized spacial score (nSPS) is 21.2. The van der Waals surface area contributed by atoms with Crippen LogP contribution in [0.5, 0.6) is 0 Å². The van der Waals surface area contributed by atoms with Crippen LogP contribution in [0.15, 0.2) is 0 Å². The highest BCUT2D eigenvalue weighted by Crippen LogP contribution is 2.17. The van der Waals surface area contributed by atoms with E-state index in [9.17, 15) is 4.79 Å². The van der Waals surface area contributed by atoms with Crippen LogP contribution in [0.2, 0.25) is 0 Å². The molecule has 1 amide bonds. The van der Waals surface area contributed by atoms with Crippen LogP contribution in [0.4, 0.5) is 0 Å². The molecule has 1 aliphatic heterocycles. The van der Waals surface area contributed by atoms with Crippen molar-refractivity contribution in [2.24, 2.45) is 5.92 Å². The highest BCUT2D eigenvalue weighted by Gasteiger charge is 2.36. The molecule has 0 aromatic carbocycles. The van der Waals surface area contributed by atoms with E-state index in [-0.39, 0.29) is 11.8 Å². The van der Waals surface area contributed by atoms with Crippen molar-refractivity contribution >= 4 is 23.1 Å². The average molecular weight is 183 g/mol. The Kier molecular flexibility index (Phi) is 2.61. The number of thiocarbonyl (C=S) groups is 1. The topological polar surface area (TPSA) is 56.1 Å². The lowest BCUT2D eigenvalue weighted by atomic mass is 9.98. The second kappa shape index (κ2) is 3.50. The van der Waals surface area contributed by atoms with E-state index < -0.39 is 0 Å². The number of amides is 1. The Labute approximate surface area is 76.1 Å². The zero-order valence-electron chi connectivity index (χ0n) is 6.70. The first-order chi connectivity index (χ1) is 5.65. The van der Waals surface area contributed by atoms with Crippen molar-refractivity contribution in [3.05, 3.63) is 0 Å². The minimum Gasteiger partial charge on any atom is -0.290 e. The lowest BCUT2D eigenvalue weighted by Crippen LogP contribution is -2.59. The number of hydrogen-bond donors (Lipinski definition) is 1. The first-order valence-corrected chi connectivity index (χ1v) is 4.01. The third-order valence-electron chi connectivity index (χ3n) is 1.65. The summed E-state index contributed by atoms with van der Waals surface area (Å²) in [5.41, 5.74) is 2.72. The zero-order chi connectivity index (χ0) is 9.14. The van der Waals surface area contributed by atoms with Crippen LogP contribution >= 0.6 is 12.2 Å². The predicted molar refractivity (Wildman–Crippen MR) is 46.8 cm³/mol. The predicted octanol–water partition coefficient (Wildman–Crippen LogP) is 0.210. The van der Waals surface area contributed by atoms with Crippen molar-refractivity contribution in [2.75, 3.05) is 6.54 Å². The first kappa shape index (κ1) is 8.94. The van der Waals surface area contributed by atoms with Crippen LogP contribution in [0, 0.1) is 17.2 Å². The van der Waals surface area contributed by atoms with E-state index >= 15 is 0 Å². The van der Waals surface area contributed by atoms with Gasteiger partial charge >= 0.3 is 0 Å². The number of hydrazine groups is 1. The Bertz CT molecular complexity index is 258. The van der Waals surface area contributed by atoms with Crippen molar-refractivity contribution in [3.8, 4) is 6.07 Å². The molecular formula is C7H9N3OS. The third kappa shape index (κ3) is 1.71. The molecule has 0 aliphatic carbocycles. The van der Waals surface area contributed by atoms with Crippen LogP contribution in [0.3, 0.4) is 0 Å². The third-order valence-corrected chi connectivity index (χ3v) is 1.74. The molecule has 12 heavy (non-hydrogen) atoms. The molecule has 1 aliphatic rings. The summed E-state index contributed by atoms with van der Waals surface area (Å²) in [6.45, 7) is 2.29. The Morgan fingerprint density at radius 1 is 2.00 bits per heavy atom. The van der Waals surface area contributed by atoms with E-state index in [1.165, 1.54) is 5.01 Å². The number of nitrogens with one attached hydrogen (secondary N) is 1. The molecule has 0 aromatic heterocycles. The van der Waals surface area contributed by atoms with Gasteiger partial charge in [-0.05, 0) is 6.92 Å². The lowest BCUT2D eigenvalue weighted by molar-refractivity contribution is -0.150.